The van der Waals surface area contributed by atoms with Gasteiger partial charge in [-0.3, -0.25) is 0 Å². The third kappa shape index (κ3) is 5.92. The van der Waals surface area contributed by atoms with Gasteiger partial charge in [0.15, 0.2) is 0 Å². The molecule has 1 aromatic rings. The van der Waals surface area contributed by atoms with E-state index in [0.717, 1.165) is 19.6 Å². The summed E-state index contributed by atoms with van der Waals surface area (Å²) in [5.41, 5.74) is 5.43. The molecular formula is C12H22N2S. The Morgan fingerprint density at radius 3 is 2.67 bits per heavy atom. The summed E-state index contributed by atoms with van der Waals surface area (Å²) in [7, 11) is 0. The molecule has 0 amide bonds. The van der Waals surface area contributed by atoms with Crippen molar-refractivity contribution in [2.45, 2.75) is 39.2 Å². The van der Waals surface area contributed by atoms with Gasteiger partial charge in [-0.15, -0.1) is 11.3 Å². The molecule has 0 aliphatic rings. The van der Waals surface area contributed by atoms with E-state index in [1.165, 1.54) is 35.4 Å². The quantitative estimate of drug-likeness (QED) is 0.669. The SMILES string of the molecule is Cc1ccc(CNCCCCCCN)s1. The Hall–Kier alpha value is -0.380. The molecule has 3 N–H and O–H groups in total. The number of unbranched alkanes of at least 4 members (excludes halogenated alkanes) is 3. The molecule has 1 aromatic heterocycles. The molecule has 86 valence electrons. The highest BCUT2D eigenvalue weighted by atomic mass is 32.1. The molecule has 0 bridgehead atoms. The van der Waals surface area contributed by atoms with Crippen LogP contribution >= 0.6 is 11.3 Å². The molecular weight excluding hydrogens is 204 g/mol. The maximum absolute atomic E-state index is 5.43. The number of hydrogen-bond acceptors (Lipinski definition) is 3. The number of nitrogens with one attached hydrogen (secondary N) is 1. The fourth-order valence-electron chi connectivity index (χ4n) is 1.54. The second-order valence-electron chi connectivity index (χ2n) is 3.89. The van der Waals surface area contributed by atoms with Gasteiger partial charge in [0.1, 0.15) is 0 Å². The summed E-state index contributed by atoms with van der Waals surface area (Å²) < 4.78 is 0. The van der Waals surface area contributed by atoms with Crippen molar-refractivity contribution in [3.8, 4) is 0 Å². The van der Waals surface area contributed by atoms with Gasteiger partial charge in [0.2, 0.25) is 0 Å². The van der Waals surface area contributed by atoms with E-state index in [9.17, 15) is 0 Å². The second-order valence-corrected chi connectivity index (χ2v) is 5.26. The van der Waals surface area contributed by atoms with Crippen molar-refractivity contribution in [3.05, 3.63) is 21.9 Å². The van der Waals surface area contributed by atoms with Crippen LogP contribution in [0, 0.1) is 6.92 Å². The van der Waals surface area contributed by atoms with E-state index in [4.69, 9.17) is 5.73 Å². The van der Waals surface area contributed by atoms with Gasteiger partial charge in [0.05, 0.1) is 0 Å². The van der Waals surface area contributed by atoms with E-state index >= 15 is 0 Å². The number of thiophene rings is 1. The maximum atomic E-state index is 5.43. The molecule has 2 nitrogen and oxygen atoms in total. The molecule has 0 unspecified atom stereocenters. The third-order valence-electron chi connectivity index (χ3n) is 2.40. The van der Waals surface area contributed by atoms with Crippen molar-refractivity contribution in [2.75, 3.05) is 13.1 Å². The van der Waals surface area contributed by atoms with Gasteiger partial charge in [-0.25, -0.2) is 0 Å². The summed E-state index contributed by atoms with van der Waals surface area (Å²) in [6, 6.07) is 4.39. The summed E-state index contributed by atoms with van der Waals surface area (Å²) in [6.45, 7) is 5.14. The van der Waals surface area contributed by atoms with Gasteiger partial charge >= 0.3 is 0 Å². The fourth-order valence-corrected chi connectivity index (χ4v) is 2.40. The van der Waals surface area contributed by atoms with Crippen molar-refractivity contribution in [1.29, 1.82) is 0 Å². The normalized spacial score (nSPS) is 10.8. The average Bonchev–Trinajstić information content (AvgIpc) is 2.63. The van der Waals surface area contributed by atoms with Crippen LogP contribution in [0.1, 0.15) is 35.4 Å². The number of hydrogen-bond donors (Lipinski definition) is 2. The Morgan fingerprint density at radius 2 is 2.00 bits per heavy atom. The molecule has 1 rings (SSSR count). The number of aryl methyl sites for hydroxylation is 1. The van der Waals surface area contributed by atoms with Crippen LogP contribution in [0.25, 0.3) is 0 Å². The molecule has 3 heteroatoms. The summed E-state index contributed by atoms with van der Waals surface area (Å²) >= 11 is 1.88. The summed E-state index contributed by atoms with van der Waals surface area (Å²) in [4.78, 5) is 2.84. The Kier molecular flexibility index (Phi) is 6.64. The third-order valence-corrected chi connectivity index (χ3v) is 3.40. The molecule has 0 aliphatic heterocycles. The van der Waals surface area contributed by atoms with Crippen LogP contribution in [-0.2, 0) is 6.54 Å². The minimum Gasteiger partial charge on any atom is -0.330 e. The predicted octanol–water partition coefficient (Wildman–Crippen LogP) is 2.67. The molecule has 0 radical (unpaired) electrons. The van der Waals surface area contributed by atoms with Crippen molar-refractivity contribution in [3.63, 3.8) is 0 Å². The summed E-state index contributed by atoms with van der Waals surface area (Å²) in [6.07, 6.45) is 5.01. The van der Waals surface area contributed by atoms with Crippen LogP contribution in [0.5, 0.6) is 0 Å². The first-order chi connectivity index (χ1) is 7.33. The van der Waals surface area contributed by atoms with Crippen LogP contribution in [0.2, 0.25) is 0 Å². The van der Waals surface area contributed by atoms with Crippen LogP contribution < -0.4 is 11.1 Å². The Labute approximate surface area is 96.9 Å². The molecule has 1 heterocycles. The van der Waals surface area contributed by atoms with Crippen molar-refractivity contribution in [2.24, 2.45) is 5.73 Å². The second kappa shape index (κ2) is 7.85. The highest BCUT2D eigenvalue weighted by molar-refractivity contribution is 7.11. The van der Waals surface area contributed by atoms with E-state index in [1.54, 1.807) is 0 Å². The molecule has 0 aliphatic carbocycles. The molecule has 15 heavy (non-hydrogen) atoms. The lowest BCUT2D eigenvalue weighted by Crippen LogP contribution is -2.13. The van der Waals surface area contributed by atoms with E-state index in [1.807, 2.05) is 11.3 Å². The monoisotopic (exact) mass is 226 g/mol. The maximum Gasteiger partial charge on any atom is 0.0299 e. The molecule has 0 fully saturated rings. The Bertz CT molecular complexity index is 258. The molecule has 0 spiro atoms. The fraction of sp³-hybridized carbons (Fsp3) is 0.667. The summed E-state index contributed by atoms with van der Waals surface area (Å²) in [5, 5.41) is 3.47. The minimum absolute atomic E-state index is 0.835. The van der Waals surface area contributed by atoms with Crippen LogP contribution in [0.4, 0.5) is 0 Å². The van der Waals surface area contributed by atoms with Crippen molar-refractivity contribution in [1.82, 2.24) is 5.32 Å². The van der Waals surface area contributed by atoms with Crippen molar-refractivity contribution < 1.29 is 0 Å². The molecule has 0 aromatic carbocycles. The number of rotatable bonds is 8. The lowest BCUT2D eigenvalue weighted by molar-refractivity contribution is 0.592. The first kappa shape index (κ1) is 12.7. The average molecular weight is 226 g/mol. The van der Waals surface area contributed by atoms with Crippen molar-refractivity contribution >= 4 is 11.3 Å². The van der Waals surface area contributed by atoms with Gasteiger partial charge in [0, 0.05) is 16.3 Å². The van der Waals surface area contributed by atoms with E-state index < -0.39 is 0 Å². The zero-order chi connectivity index (χ0) is 10.9. The molecule has 0 atom stereocenters. The van der Waals surface area contributed by atoms with E-state index in [-0.39, 0.29) is 0 Å². The lowest BCUT2D eigenvalue weighted by atomic mass is 10.2. The van der Waals surface area contributed by atoms with Gasteiger partial charge in [-0.1, -0.05) is 12.8 Å². The van der Waals surface area contributed by atoms with Gasteiger partial charge in [-0.05, 0) is 45.0 Å². The smallest absolute Gasteiger partial charge is 0.0299 e. The zero-order valence-corrected chi connectivity index (χ0v) is 10.4. The highest BCUT2D eigenvalue weighted by Crippen LogP contribution is 2.14. The molecule has 0 saturated carbocycles. The molecule has 0 saturated heterocycles. The predicted molar refractivity (Wildman–Crippen MR) is 68.3 cm³/mol. The lowest BCUT2D eigenvalue weighted by Gasteiger charge is -2.02. The largest absolute Gasteiger partial charge is 0.330 e. The Morgan fingerprint density at radius 1 is 1.20 bits per heavy atom. The first-order valence-corrected chi connectivity index (χ1v) is 6.60. The minimum atomic E-state index is 0.835. The highest BCUT2D eigenvalue weighted by Gasteiger charge is 1.95. The standard InChI is InChI=1S/C12H22N2S/c1-11-6-7-12(15-11)10-14-9-5-3-2-4-8-13/h6-7,14H,2-5,8-10,13H2,1H3. The Balaban J connectivity index is 1.93. The topological polar surface area (TPSA) is 38.0 Å². The van der Waals surface area contributed by atoms with E-state index in [2.05, 4.69) is 24.4 Å². The van der Waals surface area contributed by atoms with Gasteiger partial charge in [0.25, 0.3) is 0 Å². The zero-order valence-electron chi connectivity index (χ0n) is 9.59. The van der Waals surface area contributed by atoms with Crippen LogP contribution in [-0.4, -0.2) is 13.1 Å². The van der Waals surface area contributed by atoms with Gasteiger partial charge < -0.3 is 11.1 Å². The van der Waals surface area contributed by atoms with E-state index in [0.29, 0.717) is 0 Å². The number of nitrogens with two attached hydrogens (primary N) is 1. The summed E-state index contributed by atoms with van der Waals surface area (Å²) in [5.74, 6) is 0. The first-order valence-electron chi connectivity index (χ1n) is 5.79. The van der Waals surface area contributed by atoms with Crippen LogP contribution in [0.15, 0.2) is 12.1 Å². The van der Waals surface area contributed by atoms with Crippen LogP contribution in [0.3, 0.4) is 0 Å². The van der Waals surface area contributed by atoms with Gasteiger partial charge in [-0.2, -0.15) is 0 Å².